The van der Waals surface area contributed by atoms with E-state index in [2.05, 4.69) is 72.0 Å². The third-order valence-electron chi connectivity index (χ3n) is 6.27. The van der Waals surface area contributed by atoms with Gasteiger partial charge in [-0.25, -0.2) is 0 Å². The van der Waals surface area contributed by atoms with Crippen LogP contribution in [0.5, 0.6) is 0 Å². The Bertz CT molecular complexity index is 671. The number of rotatable bonds is 7. The van der Waals surface area contributed by atoms with Gasteiger partial charge >= 0.3 is 0 Å². The van der Waals surface area contributed by atoms with Gasteiger partial charge < -0.3 is 24.8 Å². The van der Waals surface area contributed by atoms with Gasteiger partial charge in [0.25, 0.3) is 0 Å². The van der Waals surface area contributed by atoms with Crippen LogP contribution in [0.25, 0.3) is 0 Å². The van der Waals surface area contributed by atoms with E-state index in [1.54, 1.807) is 0 Å². The molecular weight excluding hydrogens is 374 g/mol. The first-order valence-corrected chi connectivity index (χ1v) is 11.8. The van der Waals surface area contributed by atoms with Crippen LogP contribution >= 0.6 is 0 Å². The van der Waals surface area contributed by atoms with E-state index in [1.807, 2.05) is 0 Å². The minimum atomic E-state index is 0.107. The average molecular weight is 416 g/mol. The highest BCUT2D eigenvalue weighted by molar-refractivity contribution is 5.80. The molecule has 2 unspecified atom stereocenters. The molecule has 3 rings (SSSR count). The van der Waals surface area contributed by atoms with Crippen LogP contribution in [-0.4, -0.2) is 92.7 Å². The van der Waals surface area contributed by atoms with Crippen LogP contribution < -0.4 is 5.32 Å². The Labute approximate surface area is 183 Å². The normalized spacial score (nSPS) is 22.9. The predicted octanol–water partition coefficient (Wildman–Crippen LogP) is 2.61. The molecule has 0 spiro atoms. The molecule has 0 bridgehead atoms. The molecular formula is C24H41N5O. The maximum atomic E-state index is 6.11. The monoisotopic (exact) mass is 415 g/mol. The Kier molecular flexibility index (Phi) is 8.97. The number of hydrogen-bond donors (Lipinski definition) is 1. The molecule has 2 atom stereocenters. The zero-order valence-corrected chi connectivity index (χ0v) is 19.4. The molecule has 1 aromatic rings. The Hall–Kier alpha value is -1.63. The minimum Gasteiger partial charge on any atom is -0.370 e. The minimum absolute atomic E-state index is 0.107. The van der Waals surface area contributed by atoms with E-state index in [9.17, 15) is 0 Å². The van der Waals surface area contributed by atoms with E-state index >= 15 is 0 Å². The predicted molar refractivity (Wildman–Crippen MR) is 125 cm³/mol. The number of benzene rings is 1. The fourth-order valence-corrected chi connectivity index (χ4v) is 4.43. The molecule has 6 heteroatoms. The number of piperazine rings is 1. The van der Waals surface area contributed by atoms with Gasteiger partial charge in [-0.3, -0.25) is 4.99 Å². The molecule has 0 saturated carbocycles. The molecule has 0 radical (unpaired) electrons. The molecule has 30 heavy (non-hydrogen) atoms. The Morgan fingerprint density at radius 1 is 1.13 bits per heavy atom. The van der Waals surface area contributed by atoms with Crippen LogP contribution in [0, 0.1) is 12.8 Å². The smallest absolute Gasteiger partial charge is 0.194 e. The number of aliphatic imine (C=N–C) groups is 1. The third kappa shape index (κ3) is 6.43. The summed E-state index contributed by atoms with van der Waals surface area (Å²) in [5, 5.41) is 3.51. The number of guanidine groups is 1. The number of nitrogens with zero attached hydrogens (tertiary/aromatic N) is 4. The van der Waals surface area contributed by atoms with Gasteiger partial charge in [-0.2, -0.15) is 0 Å². The van der Waals surface area contributed by atoms with Crippen LogP contribution in [0.2, 0.25) is 0 Å². The quantitative estimate of drug-likeness (QED) is 0.548. The molecule has 2 aliphatic heterocycles. The van der Waals surface area contributed by atoms with E-state index in [-0.39, 0.29) is 6.10 Å². The molecule has 1 N–H and O–H groups in total. The fraction of sp³-hybridized carbons (Fsp3) is 0.708. The summed E-state index contributed by atoms with van der Waals surface area (Å²) in [7, 11) is 0. The van der Waals surface area contributed by atoms with Crippen molar-refractivity contribution in [1.29, 1.82) is 0 Å². The summed E-state index contributed by atoms with van der Waals surface area (Å²) >= 11 is 0. The van der Waals surface area contributed by atoms with E-state index in [0.717, 1.165) is 45.3 Å². The topological polar surface area (TPSA) is 43.3 Å². The van der Waals surface area contributed by atoms with Crippen molar-refractivity contribution in [3.05, 3.63) is 35.4 Å². The van der Waals surface area contributed by atoms with Crippen molar-refractivity contribution >= 4 is 5.96 Å². The van der Waals surface area contributed by atoms with Gasteiger partial charge in [0, 0.05) is 52.4 Å². The first-order valence-electron chi connectivity index (χ1n) is 11.8. The van der Waals surface area contributed by atoms with Crippen molar-refractivity contribution in [1.82, 2.24) is 20.0 Å². The third-order valence-corrected chi connectivity index (χ3v) is 6.27. The highest BCUT2D eigenvalue weighted by Crippen LogP contribution is 2.25. The number of hydrogen-bond acceptors (Lipinski definition) is 4. The summed E-state index contributed by atoms with van der Waals surface area (Å²) in [6.07, 6.45) is 0.107. The second kappa shape index (κ2) is 11.7. The highest BCUT2D eigenvalue weighted by Gasteiger charge is 2.25. The van der Waals surface area contributed by atoms with Crippen LogP contribution in [0.4, 0.5) is 0 Å². The van der Waals surface area contributed by atoms with Crippen molar-refractivity contribution in [3.8, 4) is 0 Å². The standard InChI is InChI=1S/C24H41N5O/c1-5-25-24(26-17-20(3)18-28-13-11-27(6-2)12-14-28)29-15-16-30-23(19-29)22-10-8-7-9-21(22)4/h7-10,20,23H,5-6,11-19H2,1-4H3,(H,25,26). The van der Waals surface area contributed by atoms with Crippen molar-refractivity contribution < 1.29 is 4.74 Å². The van der Waals surface area contributed by atoms with Gasteiger partial charge in [-0.05, 0) is 37.4 Å². The van der Waals surface area contributed by atoms with E-state index < -0.39 is 0 Å². The second-order valence-electron chi connectivity index (χ2n) is 8.70. The molecule has 0 amide bonds. The van der Waals surface area contributed by atoms with E-state index in [0.29, 0.717) is 5.92 Å². The number of nitrogens with one attached hydrogen (secondary N) is 1. The first-order chi connectivity index (χ1) is 14.6. The largest absolute Gasteiger partial charge is 0.370 e. The molecule has 2 heterocycles. The average Bonchev–Trinajstić information content (AvgIpc) is 2.77. The van der Waals surface area contributed by atoms with Crippen molar-refractivity contribution in [2.45, 2.75) is 33.8 Å². The van der Waals surface area contributed by atoms with Crippen molar-refractivity contribution in [3.63, 3.8) is 0 Å². The van der Waals surface area contributed by atoms with Gasteiger partial charge in [-0.1, -0.05) is 38.1 Å². The SMILES string of the molecule is CCNC(=NCC(C)CN1CCN(CC)CC1)N1CCOC(c2ccccc2C)C1. The summed E-state index contributed by atoms with van der Waals surface area (Å²) in [5.41, 5.74) is 2.58. The lowest BCUT2D eigenvalue weighted by Crippen LogP contribution is -2.49. The fourth-order valence-electron chi connectivity index (χ4n) is 4.43. The summed E-state index contributed by atoms with van der Waals surface area (Å²) in [5.74, 6) is 1.59. The summed E-state index contributed by atoms with van der Waals surface area (Å²) < 4.78 is 6.11. The lowest BCUT2D eigenvalue weighted by molar-refractivity contribution is -0.00835. The maximum absolute atomic E-state index is 6.11. The summed E-state index contributed by atoms with van der Waals surface area (Å²) in [6.45, 7) is 20.2. The molecule has 2 fully saturated rings. The lowest BCUT2D eigenvalue weighted by atomic mass is 10.0. The van der Waals surface area contributed by atoms with Crippen molar-refractivity contribution in [2.24, 2.45) is 10.9 Å². The molecule has 1 aromatic carbocycles. The van der Waals surface area contributed by atoms with Crippen LogP contribution in [0.3, 0.4) is 0 Å². The Morgan fingerprint density at radius 2 is 1.87 bits per heavy atom. The van der Waals surface area contributed by atoms with Crippen LogP contribution in [0.15, 0.2) is 29.3 Å². The highest BCUT2D eigenvalue weighted by atomic mass is 16.5. The van der Waals surface area contributed by atoms with Gasteiger partial charge in [-0.15, -0.1) is 0 Å². The van der Waals surface area contributed by atoms with Crippen LogP contribution in [-0.2, 0) is 4.74 Å². The van der Waals surface area contributed by atoms with Crippen molar-refractivity contribution in [2.75, 3.05) is 72.1 Å². The van der Waals surface area contributed by atoms with Gasteiger partial charge in [0.05, 0.1) is 13.2 Å². The number of likely N-dealkylation sites (N-methyl/N-ethyl adjacent to an activating group) is 1. The molecule has 2 aliphatic rings. The van der Waals surface area contributed by atoms with Gasteiger partial charge in [0.2, 0.25) is 0 Å². The molecule has 2 saturated heterocycles. The first kappa shape index (κ1) is 23.0. The molecule has 6 nitrogen and oxygen atoms in total. The van der Waals surface area contributed by atoms with Gasteiger partial charge in [0.1, 0.15) is 6.10 Å². The number of aryl methyl sites for hydroxylation is 1. The second-order valence-corrected chi connectivity index (χ2v) is 8.70. The molecule has 0 aromatic heterocycles. The van der Waals surface area contributed by atoms with Crippen LogP contribution in [0.1, 0.15) is 38.0 Å². The van der Waals surface area contributed by atoms with E-state index in [4.69, 9.17) is 9.73 Å². The van der Waals surface area contributed by atoms with E-state index in [1.165, 1.54) is 43.9 Å². The summed E-state index contributed by atoms with van der Waals surface area (Å²) in [4.78, 5) is 12.5. The summed E-state index contributed by atoms with van der Waals surface area (Å²) in [6, 6.07) is 8.55. The maximum Gasteiger partial charge on any atom is 0.194 e. The lowest BCUT2D eigenvalue weighted by Gasteiger charge is -2.36. The van der Waals surface area contributed by atoms with Gasteiger partial charge in [0.15, 0.2) is 5.96 Å². The Morgan fingerprint density at radius 3 is 2.57 bits per heavy atom. The number of morpholine rings is 1. The molecule has 168 valence electrons. The Balaban J connectivity index is 1.56. The number of ether oxygens (including phenoxy) is 1. The molecule has 0 aliphatic carbocycles. The zero-order valence-electron chi connectivity index (χ0n) is 19.4. The zero-order chi connectivity index (χ0) is 21.3.